The number of nitrogens with one attached hydrogen (secondary N) is 3. The molecule has 0 aromatic heterocycles. The van der Waals surface area contributed by atoms with E-state index >= 15 is 0 Å². The van der Waals surface area contributed by atoms with Crippen molar-refractivity contribution in [3.63, 3.8) is 0 Å². The van der Waals surface area contributed by atoms with Gasteiger partial charge in [-0.25, -0.2) is 4.79 Å². The van der Waals surface area contributed by atoms with Crippen LogP contribution in [0.3, 0.4) is 0 Å². The fourth-order valence-electron chi connectivity index (χ4n) is 3.87. The second kappa shape index (κ2) is 11.3. The maximum absolute atomic E-state index is 12.8. The van der Waals surface area contributed by atoms with Gasteiger partial charge in [0, 0.05) is 30.5 Å². The van der Waals surface area contributed by atoms with Crippen LogP contribution in [0, 0.1) is 0 Å². The highest BCUT2D eigenvalue weighted by Gasteiger charge is 2.28. The number of carbonyl (C=O) groups is 3. The van der Waals surface area contributed by atoms with Crippen molar-refractivity contribution in [2.45, 2.75) is 50.4 Å². The Morgan fingerprint density at radius 1 is 1.12 bits per heavy atom. The number of aliphatic hydroxyl groups excluding tert-OH is 1. The number of rotatable bonds is 9. The Kier molecular flexibility index (Phi) is 8.43. The van der Waals surface area contributed by atoms with Crippen LogP contribution in [-0.2, 0) is 27.3 Å². The molecule has 0 bridgehead atoms. The van der Waals surface area contributed by atoms with Gasteiger partial charge in [0.1, 0.15) is 0 Å². The van der Waals surface area contributed by atoms with E-state index in [1.165, 1.54) is 12.5 Å². The number of fused-ring (bicyclic) bond motifs is 1. The van der Waals surface area contributed by atoms with Gasteiger partial charge in [-0.1, -0.05) is 48.0 Å². The summed E-state index contributed by atoms with van der Waals surface area (Å²) in [5, 5.41) is 27.9. The van der Waals surface area contributed by atoms with Crippen LogP contribution < -0.4 is 16.0 Å². The molecule has 2 aromatic carbocycles. The van der Waals surface area contributed by atoms with Gasteiger partial charge >= 0.3 is 5.97 Å². The molecule has 0 aliphatic carbocycles. The molecule has 3 rings (SSSR count). The Morgan fingerprint density at radius 2 is 1.79 bits per heavy atom. The molecule has 1 aliphatic heterocycles. The smallest absolute Gasteiger partial charge is 0.328 e. The molecule has 33 heavy (non-hydrogen) atoms. The normalized spacial score (nSPS) is 17.8. The molecule has 1 aliphatic rings. The van der Waals surface area contributed by atoms with Crippen molar-refractivity contribution in [2.24, 2.45) is 0 Å². The molecule has 1 heterocycles. The predicted octanol–water partition coefficient (Wildman–Crippen LogP) is 1.59. The summed E-state index contributed by atoms with van der Waals surface area (Å²) in [7, 11) is 0. The van der Waals surface area contributed by atoms with E-state index in [9.17, 15) is 24.6 Å². The zero-order chi connectivity index (χ0) is 24.0. The number of carbonyl (C=O) groups excluding carboxylic acids is 2. The Labute approximate surface area is 197 Å². The van der Waals surface area contributed by atoms with Gasteiger partial charge < -0.3 is 26.2 Å². The van der Waals surface area contributed by atoms with E-state index in [2.05, 4.69) is 16.0 Å². The Hall–Kier alpha value is -2.94. The van der Waals surface area contributed by atoms with E-state index in [-0.39, 0.29) is 24.9 Å². The molecule has 8 nitrogen and oxygen atoms in total. The van der Waals surface area contributed by atoms with Crippen LogP contribution in [0.1, 0.15) is 36.0 Å². The fourth-order valence-corrected chi connectivity index (χ4v) is 4.00. The average Bonchev–Trinajstić information content (AvgIpc) is 2.79. The number of hydrogen-bond donors (Lipinski definition) is 5. The molecule has 0 spiro atoms. The van der Waals surface area contributed by atoms with Gasteiger partial charge in [0.2, 0.25) is 11.8 Å². The zero-order valence-corrected chi connectivity index (χ0v) is 19.0. The van der Waals surface area contributed by atoms with Crippen molar-refractivity contribution in [2.75, 3.05) is 6.54 Å². The van der Waals surface area contributed by atoms with Crippen LogP contribution in [0.15, 0.2) is 48.5 Å². The number of carboxylic acids is 1. The fraction of sp³-hybridized carbons (Fsp3) is 0.375. The summed E-state index contributed by atoms with van der Waals surface area (Å²) in [4.78, 5) is 36.7. The molecule has 1 unspecified atom stereocenters. The lowest BCUT2D eigenvalue weighted by Gasteiger charge is -2.26. The summed E-state index contributed by atoms with van der Waals surface area (Å²) in [6.07, 6.45) is -0.748. The highest BCUT2D eigenvalue weighted by molar-refractivity contribution is 6.30. The molecule has 0 radical (unpaired) electrons. The van der Waals surface area contributed by atoms with E-state index in [0.29, 0.717) is 18.0 Å². The molecular formula is C24H28ClN3O5. The number of aliphatic carboxylic acids is 1. The van der Waals surface area contributed by atoms with Crippen LogP contribution in [-0.4, -0.2) is 52.7 Å². The highest BCUT2D eigenvalue weighted by atomic mass is 35.5. The van der Waals surface area contributed by atoms with Crippen molar-refractivity contribution in [1.29, 1.82) is 0 Å². The lowest BCUT2D eigenvalue weighted by atomic mass is 9.93. The molecule has 2 amide bonds. The van der Waals surface area contributed by atoms with Crippen LogP contribution in [0.2, 0.25) is 5.02 Å². The van der Waals surface area contributed by atoms with Crippen molar-refractivity contribution in [1.82, 2.24) is 16.0 Å². The SMILES string of the molecule is CC(O)[C@@H](NC(=O)C[C@@H](CNC(=O)[C@@H]1Cc2ccccc2CN1)c1ccc(Cl)cc1)C(=O)O. The van der Waals surface area contributed by atoms with Crippen LogP contribution >= 0.6 is 11.6 Å². The predicted molar refractivity (Wildman–Crippen MR) is 124 cm³/mol. The Morgan fingerprint density at radius 3 is 2.42 bits per heavy atom. The van der Waals surface area contributed by atoms with E-state index in [1.807, 2.05) is 24.3 Å². The molecule has 0 fully saturated rings. The number of halogens is 1. The second-order valence-electron chi connectivity index (χ2n) is 8.23. The topological polar surface area (TPSA) is 128 Å². The number of aliphatic hydroxyl groups is 1. The maximum atomic E-state index is 12.8. The van der Waals surface area contributed by atoms with Gasteiger partial charge in [0.05, 0.1) is 12.1 Å². The first-order valence-corrected chi connectivity index (χ1v) is 11.2. The first-order valence-electron chi connectivity index (χ1n) is 10.8. The Bertz CT molecular complexity index is 996. The van der Waals surface area contributed by atoms with E-state index in [4.69, 9.17) is 11.6 Å². The van der Waals surface area contributed by atoms with Gasteiger partial charge in [-0.3, -0.25) is 9.59 Å². The maximum Gasteiger partial charge on any atom is 0.328 e. The van der Waals surface area contributed by atoms with Crippen molar-refractivity contribution in [3.05, 3.63) is 70.2 Å². The standard InChI is InChI=1S/C24H28ClN3O5/c1-14(29)22(24(32)33)28-21(30)11-18(15-6-8-19(25)9-7-15)13-27-23(31)20-10-16-4-2-3-5-17(16)12-26-20/h2-9,14,18,20,22,26,29H,10-13H2,1H3,(H,27,31)(H,28,30)(H,32,33)/t14?,18-,20-,22+/m0/s1. The van der Waals surface area contributed by atoms with E-state index in [0.717, 1.165) is 11.1 Å². The highest BCUT2D eigenvalue weighted by Crippen LogP contribution is 2.22. The minimum atomic E-state index is -1.41. The lowest BCUT2D eigenvalue weighted by molar-refractivity contribution is -0.144. The van der Waals surface area contributed by atoms with Gasteiger partial charge in [0.25, 0.3) is 0 Å². The molecule has 2 aromatic rings. The summed E-state index contributed by atoms with van der Waals surface area (Å²) in [5.41, 5.74) is 3.08. The molecule has 176 valence electrons. The molecule has 9 heteroatoms. The van der Waals surface area contributed by atoms with Gasteiger partial charge in [-0.05, 0) is 42.2 Å². The zero-order valence-electron chi connectivity index (χ0n) is 18.3. The molecule has 0 saturated carbocycles. The average molecular weight is 474 g/mol. The largest absolute Gasteiger partial charge is 0.480 e. The molecule has 5 N–H and O–H groups in total. The van der Waals surface area contributed by atoms with Crippen LogP contribution in [0.25, 0.3) is 0 Å². The lowest BCUT2D eigenvalue weighted by Crippen LogP contribution is -2.49. The second-order valence-corrected chi connectivity index (χ2v) is 8.66. The number of hydrogen-bond acceptors (Lipinski definition) is 5. The molecule has 0 saturated heterocycles. The minimum absolute atomic E-state index is 0.0701. The minimum Gasteiger partial charge on any atom is -0.480 e. The monoisotopic (exact) mass is 473 g/mol. The van der Waals surface area contributed by atoms with Crippen molar-refractivity contribution >= 4 is 29.4 Å². The number of carboxylic acid groups (broad SMARTS) is 1. The summed E-state index contributed by atoms with van der Waals surface area (Å²) >= 11 is 5.98. The van der Waals surface area contributed by atoms with Gasteiger partial charge in [-0.2, -0.15) is 0 Å². The third-order valence-corrected chi connectivity index (χ3v) is 6.01. The third-order valence-electron chi connectivity index (χ3n) is 5.76. The summed E-state index contributed by atoms with van der Waals surface area (Å²) in [5.74, 6) is -2.44. The number of benzene rings is 2. The van der Waals surface area contributed by atoms with Crippen molar-refractivity contribution < 1.29 is 24.6 Å². The first kappa shape index (κ1) is 24.7. The summed E-state index contributed by atoms with van der Waals surface area (Å²) in [6.45, 7) is 2.08. The van der Waals surface area contributed by atoms with Crippen LogP contribution in [0.5, 0.6) is 0 Å². The number of amides is 2. The summed E-state index contributed by atoms with van der Waals surface area (Å²) in [6, 6.07) is 13.1. The Balaban J connectivity index is 1.66. The van der Waals surface area contributed by atoms with Gasteiger partial charge in [-0.15, -0.1) is 0 Å². The summed E-state index contributed by atoms with van der Waals surface area (Å²) < 4.78 is 0. The quantitative estimate of drug-likeness (QED) is 0.376. The van der Waals surface area contributed by atoms with Gasteiger partial charge in [0.15, 0.2) is 6.04 Å². The van der Waals surface area contributed by atoms with Crippen LogP contribution in [0.4, 0.5) is 0 Å². The molecular weight excluding hydrogens is 446 g/mol. The first-order chi connectivity index (χ1) is 15.7. The molecule has 4 atom stereocenters. The van der Waals surface area contributed by atoms with Crippen molar-refractivity contribution in [3.8, 4) is 0 Å². The van der Waals surface area contributed by atoms with E-state index < -0.39 is 29.9 Å². The third kappa shape index (κ3) is 6.77. The van der Waals surface area contributed by atoms with E-state index in [1.54, 1.807) is 24.3 Å².